The summed E-state index contributed by atoms with van der Waals surface area (Å²) < 4.78 is 12.3. The van der Waals surface area contributed by atoms with E-state index in [0.717, 1.165) is 66.6 Å². The number of rotatable bonds is 2. The highest BCUT2D eigenvalue weighted by atomic mass is 16.5. The Morgan fingerprint density at radius 2 is 1.41 bits per heavy atom. The van der Waals surface area contributed by atoms with Gasteiger partial charge in [-0.25, -0.2) is 0 Å². The first-order valence-electron chi connectivity index (χ1n) is 16.7. The molecule has 10 rings (SSSR count). The largest absolute Gasteiger partial charge is 0.486 e. The van der Waals surface area contributed by atoms with Gasteiger partial charge in [0.05, 0.1) is 29.6 Å². The van der Waals surface area contributed by atoms with Crippen molar-refractivity contribution in [3.8, 4) is 11.5 Å². The van der Waals surface area contributed by atoms with Gasteiger partial charge in [-0.05, 0) is 70.4 Å². The molecular formula is C36H42N2O8. The monoisotopic (exact) mass is 630 g/mol. The SMILES string of the molecule is CN1CCC23c4c5ccc(CO)c4O[C@H]2C(=O)CC[C@@]3(O)C1C5.CN1CCC23c4c5ccc(CO)c4O[C@H]2C(O)C=C[C@@]3(O)C1C5. The highest BCUT2D eigenvalue weighted by Gasteiger charge is 2.73. The Bertz CT molecular complexity index is 1700. The maximum atomic E-state index is 12.6. The number of nitrogens with zero attached hydrogens (tertiary/aromatic N) is 2. The van der Waals surface area contributed by atoms with Gasteiger partial charge in [-0.2, -0.15) is 0 Å². The van der Waals surface area contributed by atoms with Crippen LogP contribution in [0.4, 0.5) is 0 Å². The lowest BCUT2D eigenvalue weighted by Crippen LogP contribution is -2.76. The normalized spacial score (nSPS) is 42.0. The highest BCUT2D eigenvalue weighted by Crippen LogP contribution is 2.65. The molecule has 2 aromatic rings. The molecular weight excluding hydrogens is 588 g/mol. The van der Waals surface area contributed by atoms with E-state index in [0.29, 0.717) is 24.3 Å². The van der Waals surface area contributed by atoms with Gasteiger partial charge in [0, 0.05) is 40.8 Å². The van der Waals surface area contributed by atoms with E-state index in [1.807, 2.05) is 31.3 Å². The molecule has 0 amide bonds. The molecule has 4 aliphatic carbocycles. The summed E-state index contributed by atoms with van der Waals surface area (Å²) in [7, 11) is 4.11. The van der Waals surface area contributed by atoms with Crippen LogP contribution in [0.3, 0.4) is 0 Å². The smallest absolute Gasteiger partial charge is 0.174 e. The van der Waals surface area contributed by atoms with Crippen molar-refractivity contribution in [1.82, 2.24) is 9.80 Å². The molecule has 46 heavy (non-hydrogen) atoms. The summed E-state index contributed by atoms with van der Waals surface area (Å²) in [5.41, 5.74) is 2.60. The Morgan fingerprint density at radius 3 is 2.09 bits per heavy atom. The lowest BCUT2D eigenvalue weighted by atomic mass is 9.49. The fraction of sp³-hybridized carbons (Fsp3) is 0.583. The second-order valence-corrected chi connectivity index (χ2v) is 14.9. The maximum absolute atomic E-state index is 12.6. The minimum Gasteiger partial charge on any atom is -0.486 e. The number of piperidine rings is 2. The zero-order chi connectivity index (χ0) is 32.0. The van der Waals surface area contributed by atoms with Gasteiger partial charge in [0.2, 0.25) is 0 Å². The van der Waals surface area contributed by atoms with Crippen LogP contribution in [-0.2, 0) is 41.7 Å². The summed E-state index contributed by atoms with van der Waals surface area (Å²) >= 11 is 0. The highest BCUT2D eigenvalue weighted by molar-refractivity contribution is 5.89. The van der Waals surface area contributed by atoms with Crippen LogP contribution in [0.1, 0.15) is 59.1 Å². The van der Waals surface area contributed by atoms with Crippen LogP contribution >= 0.6 is 0 Å². The first kappa shape index (κ1) is 29.3. The third-order valence-corrected chi connectivity index (χ3v) is 13.4. The lowest BCUT2D eigenvalue weighted by Gasteiger charge is -2.62. The molecule has 3 fully saturated rings. The van der Waals surface area contributed by atoms with Gasteiger partial charge in [-0.3, -0.25) is 9.69 Å². The first-order chi connectivity index (χ1) is 22.1. The molecule has 2 spiro atoms. The Labute approximate surface area is 267 Å². The van der Waals surface area contributed by atoms with Crippen molar-refractivity contribution in [1.29, 1.82) is 0 Å². The minimum atomic E-state index is -1.05. The fourth-order valence-electron chi connectivity index (χ4n) is 11.2. The van der Waals surface area contributed by atoms with Crippen molar-refractivity contribution in [3.05, 3.63) is 69.8 Å². The van der Waals surface area contributed by atoms with Crippen LogP contribution in [0, 0.1) is 0 Å². The van der Waals surface area contributed by atoms with E-state index in [9.17, 15) is 30.3 Å². The van der Waals surface area contributed by atoms with Crippen molar-refractivity contribution in [2.45, 2.75) is 104 Å². The predicted octanol–water partition coefficient (Wildman–Crippen LogP) is 0.632. The number of ether oxygens (including phenoxy) is 2. The molecule has 2 saturated heterocycles. The van der Waals surface area contributed by atoms with Crippen LogP contribution in [0.15, 0.2) is 36.4 Å². The van der Waals surface area contributed by atoms with Gasteiger partial charge in [0.1, 0.15) is 29.3 Å². The van der Waals surface area contributed by atoms with E-state index in [1.54, 1.807) is 12.2 Å². The second kappa shape index (κ2) is 9.41. The maximum Gasteiger partial charge on any atom is 0.174 e. The molecule has 5 N–H and O–H groups in total. The molecule has 4 aliphatic heterocycles. The third-order valence-electron chi connectivity index (χ3n) is 13.4. The van der Waals surface area contributed by atoms with Crippen LogP contribution in [0.2, 0.25) is 0 Å². The molecule has 4 heterocycles. The summed E-state index contributed by atoms with van der Waals surface area (Å²) in [4.78, 5) is 17.1. The predicted molar refractivity (Wildman–Crippen MR) is 166 cm³/mol. The Kier molecular flexibility index (Phi) is 6.00. The van der Waals surface area contributed by atoms with Gasteiger partial charge < -0.3 is 39.9 Å². The summed E-state index contributed by atoms with van der Waals surface area (Å²) in [5.74, 6) is 1.43. The Hall–Kier alpha value is -2.83. The van der Waals surface area contributed by atoms with Gasteiger partial charge in [0.25, 0.3) is 0 Å². The Balaban J connectivity index is 0.000000127. The molecule has 4 bridgehead atoms. The van der Waals surface area contributed by atoms with Crippen molar-refractivity contribution in [2.75, 3.05) is 27.2 Å². The number of ketones is 1. The summed E-state index contributed by atoms with van der Waals surface area (Å²) in [6.45, 7) is 1.50. The number of benzene rings is 2. The molecule has 0 aromatic heterocycles. The Morgan fingerprint density at radius 1 is 0.826 bits per heavy atom. The molecule has 10 heteroatoms. The van der Waals surface area contributed by atoms with E-state index in [1.165, 1.54) is 5.56 Å². The molecule has 0 radical (unpaired) electrons. The van der Waals surface area contributed by atoms with Gasteiger partial charge in [-0.1, -0.05) is 36.4 Å². The van der Waals surface area contributed by atoms with Crippen molar-refractivity contribution in [3.63, 3.8) is 0 Å². The van der Waals surface area contributed by atoms with Crippen LogP contribution in [0.25, 0.3) is 0 Å². The number of likely N-dealkylation sites (N-methyl/N-ethyl adjacent to an activating group) is 2. The number of Topliss-reactive ketones (excluding diaryl/α,β-unsaturated/α-hetero) is 1. The lowest BCUT2D eigenvalue weighted by molar-refractivity contribution is -0.185. The van der Waals surface area contributed by atoms with Crippen LogP contribution in [0.5, 0.6) is 11.5 Å². The van der Waals surface area contributed by atoms with E-state index in [4.69, 9.17) is 9.47 Å². The molecule has 2 aromatic carbocycles. The summed E-state index contributed by atoms with van der Waals surface area (Å²) in [5, 5.41) is 53.3. The fourth-order valence-corrected chi connectivity index (χ4v) is 11.2. The van der Waals surface area contributed by atoms with Gasteiger partial charge in [-0.15, -0.1) is 0 Å². The van der Waals surface area contributed by atoms with E-state index < -0.39 is 40.3 Å². The molecule has 5 unspecified atom stereocenters. The second-order valence-electron chi connectivity index (χ2n) is 14.9. The first-order valence-corrected chi connectivity index (χ1v) is 16.7. The summed E-state index contributed by atoms with van der Waals surface area (Å²) in [6, 6.07) is 7.89. The minimum absolute atomic E-state index is 0.0221. The molecule has 244 valence electrons. The van der Waals surface area contributed by atoms with Gasteiger partial charge in [0.15, 0.2) is 11.9 Å². The quantitative estimate of drug-likeness (QED) is 0.300. The summed E-state index contributed by atoms with van der Waals surface area (Å²) in [6.07, 6.45) is 5.48. The number of hydrogen-bond acceptors (Lipinski definition) is 10. The standard InChI is InChI=1S/2C18H21NO4/c2*1-19-7-6-17-14-10-2-3-11(9-20)15(14)23-16(17)12(21)4-5-18(17,22)13(19)8-10/h2-3,13,16,20,22H,4-9H2,1H3;2-5,12-13,16,20-22H,6-9H2,1H3/t13?,16-,17?,18+;12?,13?,16-,17?,18+/m00/s1. The number of carbonyl (C=O) groups excluding carboxylic acids is 1. The van der Waals surface area contributed by atoms with Crippen molar-refractivity contribution >= 4 is 5.78 Å². The van der Waals surface area contributed by atoms with E-state index in [2.05, 4.69) is 16.8 Å². The average Bonchev–Trinajstić information content (AvgIpc) is 3.59. The molecule has 1 saturated carbocycles. The molecule has 10 nitrogen and oxygen atoms in total. The zero-order valence-corrected chi connectivity index (χ0v) is 26.3. The zero-order valence-electron chi connectivity index (χ0n) is 26.3. The number of aliphatic hydroxyl groups is 5. The number of hydrogen-bond donors (Lipinski definition) is 5. The number of likely N-dealkylation sites (tertiary alicyclic amines) is 2. The average molecular weight is 631 g/mol. The molecule has 9 atom stereocenters. The van der Waals surface area contributed by atoms with Crippen LogP contribution < -0.4 is 9.47 Å². The third kappa shape index (κ3) is 3.15. The van der Waals surface area contributed by atoms with Crippen molar-refractivity contribution in [2.24, 2.45) is 0 Å². The van der Waals surface area contributed by atoms with E-state index in [-0.39, 0.29) is 31.1 Å². The van der Waals surface area contributed by atoms with Crippen LogP contribution in [-0.4, -0.2) is 110 Å². The number of carbonyl (C=O) groups is 1. The van der Waals surface area contributed by atoms with E-state index >= 15 is 0 Å². The van der Waals surface area contributed by atoms with Crippen molar-refractivity contribution < 1.29 is 39.8 Å². The van der Waals surface area contributed by atoms with Gasteiger partial charge >= 0.3 is 0 Å². The molecule has 8 aliphatic rings. The number of aliphatic hydroxyl groups excluding tert-OH is 3. The topological polar surface area (TPSA) is 143 Å².